The fraction of sp³-hybridized carbons (Fsp3) is 0.839. The smallest absolute Gasteiger partial charge is 0.315 e. The van der Waals surface area contributed by atoms with Gasteiger partial charge in [-0.25, -0.2) is 17.5 Å². The highest BCUT2D eigenvalue weighted by molar-refractivity contribution is 7.89. The number of Topliss-reactive ketones (excluding diaryl/α,β-unsaturated/α-hetero) is 1. The number of urea groups is 1. The van der Waals surface area contributed by atoms with E-state index in [2.05, 4.69) is 21.3 Å². The summed E-state index contributed by atoms with van der Waals surface area (Å²) in [6.45, 7) is 9.20. The summed E-state index contributed by atoms with van der Waals surface area (Å²) in [6, 6.07) is -3.50. The molecule has 3 aliphatic rings. The third kappa shape index (κ3) is 8.96. The molecule has 0 radical (unpaired) electrons. The van der Waals surface area contributed by atoms with E-state index >= 15 is 0 Å². The first-order chi connectivity index (χ1) is 20.9. The largest absolute Gasteiger partial charge is 0.347 e. The number of rotatable bonds is 13. The number of hydrogen-bond donors (Lipinski definition) is 4. The van der Waals surface area contributed by atoms with E-state index in [1.54, 1.807) is 6.92 Å². The number of sulfonamides is 1. The maximum absolute atomic E-state index is 14.0. The van der Waals surface area contributed by atoms with Gasteiger partial charge in [-0.3, -0.25) is 19.2 Å². The topological polar surface area (TPSA) is 174 Å². The Labute approximate surface area is 268 Å². The van der Waals surface area contributed by atoms with Gasteiger partial charge in [0, 0.05) is 26.7 Å². The summed E-state index contributed by atoms with van der Waals surface area (Å²) in [5.41, 5.74) is -1.75. The fourth-order valence-electron chi connectivity index (χ4n) is 6.40. The van der Waals surface area contributed by atoms with Crippen LogP contribution < -0.4 is 21.3 Å². The van der Waals surface area contributed by atoms with E-state index in [-0.39, 0.29) is 6.04 Å². The van der Waals surface area contributed by atoms with Crippen LogP contribution in [0.3, 0.4) is 0 Å². The average molecular weight is 655 g/mol. The summed E-state index contributed by atoms with van der Waals surface area (Å²) in [5.74, 6) is -2.34. The molecule has 5 amide bonds. The van der Waals surface area contributed by atoms with Crippen molar-refractivity contribution >= 4 is 39.6 Å². The van der Waals surface area contributed by atoms with Gasteiger partial charge in [-0.15, -0.1) is 0 Å². The van der Waals surface area contributed by atoms with E-state index in [9.17, 15) is 32.4 Å². The maximum Gasteiger partial charge on any atom is 0.315 e. The highest BCUT2D eigenvalue weighted by Gasteiger charge is 2.48. The van der Waals surface area contributed by atoms with Crippen LogP contribution in [-0.2, 0) is 29.2 Å². The summed E-state index contributed by atoms with van der Waals surface area (Å²) in [6.07, 6.45) is 6.93. The first-order valence-electron chi connectivity index (χ1n) is 16.4. The van der Waals surface area contributed by atoms with E-state index in [0.717, 1.165) is 32.1 Å². The van der Waals surface area contributed by atoms with Crippen LogP contribution in [0.4, 0.5) is 4.79 Å². The quantitative estimate of drug-likeness (QED) is 0.219. The summed E-state index contributed by atoms with van der Waals surface area (Å²) in [5, 5.41) is 10.3. The predicted octanol–water partition coefficient (Wildman–Crippen LogP) is 1.81. The number of likely N-dealkylation sites (tertiary alicyclic amines) is 1. The van der Waals surface area contributed by atoms with Crippen molar-refractivity contribution < 1.29 is 32.4 Å². The third-order valence-corrected chi connectivity index (χ3v) is 11.8. The molecule has 2 aliphatic carbocycles. The minimum atomic E-state index is -3.69. The maximum atomic E-state index is 14.0. The van der Waals surface area contributed by atoms with Crippen LogP contribution >= 0.6 is 0 Å². The molecule has 256 valence electrons. The van der Waals surface area contributed by atoms with Gasteiger partial charge in [-0.1, -0.05) is 53.4 Å². The molecule has 0 aromatic rings. The minimum Gasteiger partial charge on any atom is -0.347 e. The van der Waals surface area contributed by atoms with Gasteiger partial charge in [0.1, 0.15) is 12.1 Å². The van der Waals surface area contributed by atoms with Gasteiger partial charge < -0.3 is 26.2 Å². The Hall–Kier alpha value is -2.74. The Balaban J connectivity index is 1.76. The lowest BCUT2D eigenvalue weighted by Crippen LogP contribution is -2.65. The van der Waals surface area contributed by atoms with Crippen LogP contribution in [0.1, 0.15) is 105 Å². The van der Waals surface area contributed by atoms with Gasteiger partial charge in [0.05, 0.1) is 16.8 Å². The summed E-state index contributed by atoms with van der Waals surface area (Å²) >= 11 is 0. The number of carbonyl (C=O) groups is 5. The highest BCUT2D eigenvalue weighted by atomic mass is 32.2. The normalized spacial score (nSPS) is 22.2. The zero-order chi connectivity index (χ0) is 33.7. The van der Waals surface area contributed by atoms with Gasteiger partial charge in [-0.05, 0) is 57.3 Å². The van der Waals surface area contributed by atoms with Crippen LogP contribution in [0, 0.1) is 5.41 Å². The molecular formula is C31H54N6O7S. The molecule has 0 unspecified atom stereocenters. The number of hydrogen-bond acceptors (Lipinski definition) is 7. The van der Waals surface area contributed by atoms with E-state index in [1.807, 2.05) is 27.7 Å². The van der Waals surface area contributed by atoms with Crippen LogP contribution in [0.25, 0.3) is 0 Å². The summed E-state index contributed by atoms with van der Waals surface area (Å²) in [4.78, 5) is 67.8. The number of ketones is 1. The predicted molar refractivity (Wildman–Crippen MR) is 171 cm³/mol. The van der Waals surface area contributed by atoms with Crippen LogP contribution in [-0.4, -0.2) is 103 Å². The molecule has 0 aromatic heterocycles. The molecule has 14 heteroatoms. The number of carbonyl (C=O) groups excluding carboxylic acids is 5. The standard InChI is InChI=1S/C31H54N6O7S/c1-8-13-22(24(38)27(40)32-21-15-16-21)33-26(39)23-14-12-19-37(23)28(41)25(30(3,4)5)34-29(42)35-31(17-10-9-11-18-31)20(2)45(43,44)36(6)7/h20-23,25H,8-19H2,1-7H3,(H,32,40)(H,33,39)(H2,34,35,42)/t20-,22+,23+,25-/m1/s1. The average Bonchev–Trinajstić information content (AvgIpc) is 3.64. The molecule has 13 nitrogen and oxygen atoms in total. The lowest BCUT2D eigenvalue weighted by Gasteiger charge is -2.43. The van der Waals surface area contributed by atoms with Gasteiger partial charge in [0.2, 0.25) is 27.6 Å². The van der Waals surface area contributed by atoms with Crippen LogP contribution in [0.5, 0.6) is 0 Å². The van der Waals surface area contributed by atoms with Gasteiger partial charge in [-0.2, -0.15) is 0 Å². The molecule has 1 saturated heterocycles. The van der Waals surface area contributed by atoms with Crippen molar-refractivity contribution in [2.75, 3.05) is 20.6 Å². The SMILES string of the molecule is CCC[C@H](NC(=O)[C@@H]1CCCN1C(=O)[C@@H](NC(=O)NC1([C@@H](C)S(=O)(=O)N(C)C)CCCCC1)C(C)(C)C)C(=O)C(=O)NC1CC1. The lowest BCUT2D eigenvalue weighted by molar-refractivity contribution is -0.143. The van der Waals surface area contributed by atoms with Gasteiger partial charge in [0.15, 0.2) is 0 Å². The van der Waals surface area contributed by atoms with Crippen molar-refractivity contribution in [3.8, 4) is 0 Å². The van der Waals surface area contributed by atoms with Gasteiger partial charge >= 0.3 is 6.03 Å². The van der Waals surface area contributed by atoms with Crippen molar-refractivity contribution in [2.45, 2.75) is 140 Å². The molecule has 3 rings (SSSR count). The van der Waals surface area contributed by atoms with Crippen LogP contribution in [0.2, 0.25) is 0 Å². The van der Waals surface area contributed by atoms with Crippen molar-refractivity contribution in [3.63, 3.8) is 0 Å². The molecule has 1 heterocycles. The fourth-order valence-corrected chi connectivity index (χ4v) is 7.89. The molecule has 2 saturated carbocycles. The van der Waals surface area contributed by atoms with E-state index in [0.29, 0.717) is 45.1 Å². The lowest BCUT2D eigenvalue weighted by atomic mass is 9.79. The van der Waals surface area contributed by atoms with E-state index in [4.69, 9.17) is 0 Å². The molecule has 45 heavy (non-hydrogen) atoms. The molecular weight excluding hydrogens is 600 g/mol. The first-order valence-corrected chi connectivity index (χ1v) is 17.9. The zero-order valence-electron chi connectivity index (χ0n) is 28.0. The Bertz CT molecular complexity index is 1220. The number of amides is 5. The van der Waals surface area contributed by atoms with Crippen molar-refractivity contribution in [3.05, 3.63) is 0 Å². The van der Waals surface area contributed by atoms with Crippen molar-refractivity contribution in [1.82, 2.24) is 30.5 Å². The molecule has 1 aliphatic heterocycles. The Morgan fingerprint density at radius 3 is 2.11 bits per heavy atom. The molecule has 4 N–H and O–H groups in total. The molecule has 0 aromatic carbocycles. The molecule has 0 bridgehead atoms. The second-order valence-electron chi connectivity index (χ2n) is 14.2. The van der Waals surface area contributed by atoms with Gasteiger partial charge in [0.25, 0.3) is 5.91 Å². The van der Waals surface area contributed by atoms with E-state index in [1.165, 1.54) is 23.3 Å². The Morgan fingerprint density at radius 2 is 1.58 bits per heavy atom. The van der Waals surface area contributed by atoms with Crippen LogP contribution in [0.15, 0.2) is 0 Å². The second kappa shape index (κ2) is 14.8. The third-order valence-electron chi connectivity index (χ3n) is 9.42. The van der Waals surface area contributed by atoms with Crippen molar-refractivity contribution in [1.29, 1.82) is 0 Å². The molecule has 3 fully saturated rings. The summed E-state index contributed by atoms with van der Waals surface area (Å²) < 4.78 is 27.4. The molecule has 0 spiro atoms. The highest BCUT2D eigenvalue weighted by Crippen LogP contribution is 2.35. The Morgan fingerprint density at radius 1 is 0.956 bits per heavy atom. The molecule has 4 atom stereocenters. The number of nitrogens with one attached hydrogen (secondary N) is 4. The minimum absolute atomic E-state index is 0.00925. The van der Waals surface area contributed by atoms with Crippen molar-refractivity contribution in [2.24, 2.45) is 5.41 Å². The zero-order valence-corrected chi connectivity index (χ0v) is 28.8. The number of nitrogens with zero attached hydrogens (tertiary/aromatic N) is 2. The van der Waals surface area contributed by atoms with E-state index < -0.39 is 73.9 Å². The summed E-state index contributed by atoms with van der Waals surface area (Å²) in [7, 11) is -0.741. The monoisotopic (exact) mass is 654 g/mol. The first kappa shape index (κ1) is 36.7. The Kier molecular flexibility index (Phi) is 12.1. The second-order valence-corrected chi connectivity index (χ2v) is 16.7.